The van der Waals surface area contributed by atoms with Crippen molar-refractivity contribution >= 4 is 0 Å². The quantitative estimate of drug-likeness (QED) is 0.828. The fourth-order valence-corrected chi connectivity index (χ4v) is 3.28. The minimum atomic E-state index is 0.608. The van der Waals surface area contributed by atoms with Crippen LogP contribution in [-0.2, 0) is 13.6 Å². The van der Waals surface area contributed by atoms with Gasteiger partial charge in [0, 0.05) is 26.0 Å². The molecule has 17 heavy (non-hydrogen) atoms. The Morgan fingerprint density at radius 1 is 1.35 bits per heavy atom. The minimum Gasteiger partial charge on any atom is -0.337 e. The number of piperidine rings is 1. The second-order valence-corrected chi connectivity index (χ2v) is 5.67. The first kappa shape index (κ1) is 11.2. The first-order valence-corrected chi connectivity index (χ1v) is 6.67. The molecule has 0 radical (unpaired) electrons. The Balaban J connectivity index is 1.62. The van der Waals surface area contributed by atoms with Crippen LogP contribution in [0.5, 0.6) is 0 Å². The van der Waals surface area contributed by atoms with E-state index in [1.165, 1.54) is 51.3 Å². The van der Waals surface area contributed by atoms with E-state index < -0.39 is 0 Å². The predicted octanol–water partition coefficient (Wildman–Crippen LogP) is 0.996. The van der Waals surface area contributed by atoms with E-state index in [0.29, 0.717) is 5.41 Å². The van der Waals surface area contributed by atoms with Gasteiger partial charge in [-0.3, -0.25) is 4.90 Å². The number of imidazole rings is 1. The molecule has 0 saturated carbocycles. The molecular weight excluding hydrogens is 212 g/mol. The van der Waals surface area contributed by atoms with Crippen LogP contribution in [0.2, 0.25) is 0 Å². The number of nitrogens with one attached hydrogen (secondary N) is 1. The lowest BCUT2D eigenvalue weighted by Gasteiger charge is -2.33. The van der Waals surface area contributed by atoms with E-state index in [1.54, 1.807) is 0 Å². The van der Waals surface area contributed by atoms with Crippen molar-refractivity contribution in [3.63, 3.8) is 0 Å². The van der Waals surface area contributed by atoms with Crippen LogP contribution in [0.1, 0.15) is 25.1 Å². The number of likely N-dealkylation sites (tertiary alicyclic amines) is 1. The topological polar surface area (TPSA) is 33.1 Å². The molecular formula is C13H22N4. The van der Waals surface area contributed by atoms with Crippen molar-refractivity contribution in [2.75, 3.05) is 26.2 Å². The van der Waals surface area contributed by atoms with Gasteiger partial charge in [-0.15, -0.1) is 0 Å². The summed E-state index contributed by atoms with van der Waals surface area (Å²) in [7, 11) is 2.08. The Labute approximate surface area is 103 Å². The lowest BCUT2D eigenvalue weighted by Crippen LogP contribution is -2.38. The number of rotatable bonds is 2. The zero-order valence-electron chi connectivity index (χ0n) is 10.7. The number of aromatic nitrogens is 2. The van der Waals surface area contributed by atoms with E-state index in [4.69, 9.17) is 0 Å². The molecule has 1 aromatic rings. The van der Waals surface area contributed by atoms with Crippen molar-refractivity contribution < 1.29 is 0 Å². The first-order chi connectivity index (χ1) is 8.27. The van der Waals surface area contributed by atoms with Crippen LogP contribution in [0.15, 0.2) is 12.4 Å². The summed E-state index contributed by atoms with van der Waals surface area (Å²) in [4.78, 5) is 7.00. The summed E-state index contributed by atoms with van der Waals surface area (Å²) in [6, 6.07) is 0. The Kier molecular flexibility index (Phi) is 2.92. The van der Waals surface area contributed by atoms with Gasteiger partial charge in [-0.1, -0.05) is 0 Å². The normalized spacial score (nSPS) is 24.5. The van der Waals surface area contributed by atoms with E-state index in [-0.39, 0.29) is 0 Å². The van der Waals surface area contributed by atoms with Crippen LogP contribution in [0, 0.1) is 5.41 Å². The molecule has 1 spiro atoms. The molecule has 2 saturated heterocycles. The molecule has 2 aliphatic heterocycles. The Hall–Kier alpha value is -0.870. The van der Waals surface area contributed by atoms with Gasteiger partial charge in [0.1, 0.15) is 5.82 Å². The van der Waals surface area contributed by atoms with Crippen LogP contribution in [0.3, 0.4) is 0 Å². The molecule has 1 N–H and O–H groups in total. The van der Waals surface area contributed by atoms with Crippen molar-refractivity contribution in [3.8, 4) is 0 Å². The number of aryl methyl sites for hydroxylation is 1. The van der Waals surface area contributed by atoms with Gasteiger partial charge in [0.15, 0.2) is 0 Å². The van der Waals surface area contributed by atoms with Gasteiger partial charge < -0.3 is 9.88 Å². The number of hydrogen-bond acceptors (Lipinski definition) is 3. The van der Waals surface area contributed by atoms with Gasteiger partial charge in [0.05, 0.1) is 6.54 Å². The standard InChI is InChI=1S/C13H22N4/c1-16-9-7-15-12(16)10-17-8-4-13(11-17)2-5-14-6-3-13/h7,9,14H,2-6,8,10-11H2,1H3. The van der Waals surface area contributed by atoms with E-state index in [9.17, 15) is 0 Å². The first-order valence-electron chi connectivity index (χ1n) is 6.67. The highest BCUT2D eigenvalue weighted by Gasteiger charge is 2.38. The van der Waals surface area contributed by atoms with Gasteiger partial charge in [-0.25, -0.2) is 4.98 Å². The zero-order chi connectivity index (χ0) is 11.7. The average Bonchev–Trinajstić information content (AvgIpc) is 2.90. The SMILES string of the molecule is Cn1ccnc1CN1CCC2(CCNCC2)C1. The second-order valence-electron chi connectivity index (χ2n) is 5.67. The third kappa shape index (κ3) is 2.24. The van der Waals surface area contributed by atoms with Crippen LogP contribution in [0.4, 0.5) is 0 Å². The summed E-state index contributed by atoms with van der Waals surface area (Å²) in [5.41, 5.74) is 0.608. The second kappa shape index (κ2) is 4.42. The molecule has 0 amide bonds. The predicted molar refractivity (Wildman–Crippen MR) is 67.6 cm³/mol. The van der Waals surface area contributed by atoms with Crippen molar-refractivity contribution in [2.45, 2.75) is 25.8 Å². The lowest BCUT2D eigenvalue weighted by atomic mass is 9.78. The van der Waals surface area contributed by atoms with Gasteiger partial charge >= 0.3 is 0 Å². The highest BCUT2D eigenvalue weighted by atomic mass is 15.2. The molecule has 0 aliphatic carbocycles. The van der Waals surface area contributed by atoms with Crippen LogP contribution < -0.4 is 5.32 Å². The van der Waals surface area contributed by atoms with E-state index in [0.717, 1.165) is 6.54 Å². The molecule has 3 heterocycles. The molecule has 1 aromatic heterocycles. The molecule has 3 rings (SSSR count). The van der Waals surface area contributed by atoms with Crippen molar-refractivity contribution in [1.82, 2.24) is 19.8 Å². The Morgan fingerprint density at radius 2 is 2.18 bits per heavy atom. The number of hydrogen-bond donors (Lipinski definition) is 1. The van der Waals surface area contributed by atoms with Gasteiger partial charge in [-0.2, -0.15) is 0 Å². The highest BCUT2D eigenvalue weighted by molar-refractivity contribution is 4.97. The van der Waals surface area contributed by atoms with Gasteiger partial charge in [-0.05, 0) is 44.3 Å². The minimum absolute atomic E-state index is 0.608. The molecule has 94 valence electrons. The Bertz CT molecular complexity index is 379. The van der Waals surface area contributed by atoms with Gasteiger partial charge in [0.25, 0.3) is 0 Å². The van der Waals surface area contributed by atoms with Crippen molar-refractivity contribution in [1.29, 1.82) is 0 Å². The summed E-state index contributed by atoms with van der Waals surface area (Å²) < 4.78 is 2.13. The van der Waals surface area contributed by atoms with E-state index in [1.807, 2.05) is 12.4 Å². The molecule has 2 fully saturated rings. The summed E-state index contributed by atoms with van der Waals surface area (Å²) in [6.07, 6.45) is 8.00. The zero-order valence-corrected chi connectivity index (χ0v) is 10.7. The van der Waals surface area contributed by atoms with Crippen molar-refractivity contribution in [3.05, 3.63) is 18.2 Å². The molecule has 0 atom stereocenters. The molecule has 4 heteroatoms. The largest absolute Gasteiger partial charge is 0.337 e. The molecule has 4 nitrogen and oxygen atoms in total. The monoisotopic (exact) mass is 234 g/mol. The molecule has 0 aromatic carbocycles. The molecule has 0 bridgehead atoms. The van der Waals surface area contributed by atoms with Crippen LogP contribution in [-0.4, -0.2) is 40.6 Å². The maximum absolute atomic E-state index is 4.42. The van der Waals surface area contributed by atoms with E-state index in [2.05, 4.69) is 26.8 Å². The maximum Gasteiger partial charge on any atom is 0.122 e. The highest BCUT2D eigenvalue weighted by Crippen LogP contribution is 2.38. The third-order valence-corrected chi connectivity index (χ3v) is 4.47. The summed E-state index contributed by atoms with van der Waals surface area (Å²) in [5, 5.41) is 3.47. The molecule has 0 unspecified atom stereocenters. The van der Waals surface area contributed by atoms with Crippen LogP contribution in [0.25, 0.3) is 0 Å². The fraction of sp³-hybridized carbons (Fsp3) is 0.769. The smallest absolute Gasteiger partial charge is 0.122 e. The maximum atomic E-state index is 4.42. The van der Waals surface area contributed by atoms with E-state index >= 15 is 0 Å². The summed E-state index contributed by atoms with van der Waals surface area (Å²) in [5.74, 6) is 1.19. The average molecular weight is 234 g/mol. The summed E-state index contributed by atoms with van der Waals surface area (Å²) in [6.45, 7) is 5.93. The lowest BCUT2D eigenvalue weighted by molar-refractivity contribution is 0.192. The van der Waals surface area contributed by atoms with Gasteiger partial charge in [0.2, 0.25) is 0 Å². The van der Waals surface area contributed by atoms with Crippen LogP contribution >= 0.6 is 0 Å². The fourth-order valence-electron chi connectivity index (χ4n) is 3.28. The Morgan fingerprint density at radius 3 is 2.88 bits per heavy atom. The number of nitrogens with zero attached hydrogens (tertiary/aromatic N) is 3. The molecule has 2 aliphatic rings. The summed E-state index contributed by atoms with van der Waals surface area (Å²) >= 11 is 0. The third-order valence-electron chi connectivity index (χ3n) is 4.47. The van der Waals surface area contributed by atoms with Crippen molar-refractivity contribution in [2.24, 2.45) is 12.5 Å².